The van der Waals surface area contributed by atoms with E-state index in [2.05, 4.69) is 10.6 Å². The number of ether oxygens (including phenoxy) is 1. The summed E-state index contributed by atoms with van der Waals surface area (Å²) < 4.78 is 6.85. The van der Waals surface area contributed by atoms with Crippen LogP contribution in [0.3, 0.4) is 0 Å². The molecule has 2 aromatic rings. The molecule has 6 nitrogen and oxygen atoms in total. The van der Waals surface area contributed by atoms with Gasteiger partial charge in [-0.1, -0.05) is 30.3 Å². The number of carbonyl (C=O) groups excluding carboxylic acids is 1. The van der Waals surface area contributed by atoms with Crippen LogP contribution in [0.5, 0.6) is 0 Å². The van der Waals surface area contributed by atoms with E-state index in [4.69, 9.17) is 4.74 Å². The van der Waals surface area contributed by atoms with E-state index < -0.39 is 6.04 Å². The number of nitrogens with one attached hydrogen (secondary N) is 2. The van der Waals surface area contributed by atoms with Crippen LogP contribution in [0.15, 0.2) is 53.5 Å². The molecule has 1 aliphatic rings. The normalized spacial score (nSPS) is 17.7. The quantitative estimate of drug-likeness (QED) is 0.877. The summed E-state index contributed by atoms with van der Waals surface area (Å²) in [7, 11) is 0. The lowest BCUT2D eigenvalue weighted by atomic mass is 10.2. The van der Waals surface area contributed by atoms with Crippen molar-refractivity contribution >= 4 is 11.6 Å². The van der Waals surface area contributed by atoms with Gasteiger partial charge < -0.3 is 19.9 Å². The van der Waals surface area contributed by atoms with Gasteiger partial charge in [0.15, 0.2) is 0 Å². The molecule has 1 atom stereocenters. The SMILES string of the molecule is O=C(Nc1cccn(Cc2ccccc2)c1=O)C1COCCN1. The number of nitrogens with zero attached hydrogens (tertiary/aromatic N) is 1. The van der Waals surface area contributed by atoms with Crippen LogP contribution in [0.2, 0.25) is 0 Å². The summed E-state index contributed by atoms with van der Waals surface area (Å²) in [5.74, 6) is -0.251. The Labute approximate surface area is 134 Å². The first-order valence-electron chi connectivity index (χ1n) is 7.59. The van der Waals surface area contributed by atoms with Crippen molar-refractivity contribution in [3.8, 4) is 0 Å². The van der Waals surface area contributed by atoms with E-state index >= 15 is 0 Å². The van der Waals surface area contributed by atoms with Gasteiger partial charge in [-0.2, -0.15) is 0 Å². The van der Waals surface area contributed by atoms with Crippen LogP contribution in [0.4, 0.5) is 5.69 Å². The Morgan fingerprint density at radius 2 is 2.09 bits per heavy atom. The van der Waals surface area contributed by atoms with Crippen molar-refractivity contribution < 1.29 is 9.53 Å². The summed E-state index contributed by atoms with van der Waals surface area (Å²) in [6.45, 7) is 2.01. The standard InChI is InChI=1S/C17H19N3O3/c21-16(15-12-23-10-8-18-15)19-14-7-4-9-20(17(14)22)11-13-5-2-1-3-6-13/h1-7,9,15,18H,8,10-12H2,(H,19,21). The maximum atomic E-state index is 12.5. The van der Waals surface area contributed by atoms with Gasteiger partial charge in [0, 0.05) is 12.7 Å². The van der Waals surface area contributed by atoms with Crippen molar-refractivity contribution in [2.75, 3.05) is 25.1 Å². The first-order valence-corrected chi connectivity index (χ1v) is 7.59. The Morgan fingerprint density at radius 1 is 1.26 bits per heavy atom. The molecule has 1 aromatic carbocycles. The first kappa shape index (κ1) is 15.5. The van der Waals surface area contributed by atoms with Gasteiger partial charge in [0.25, 0.3) is 5.56 Å². The molecule has 1 aliphatic heterocycles. The molecule has 3 rings (SSSR count). The predicted molar refractivity (Wildman–Crippen MR) is 87.5 cm³/mol. The van der Waals surface area contributed by atoms with Crippen molar-refractivity contribution in [1.82, 2.24) is 9.88 Å². The molecule has 1 aromatic heterocycles. The Hall–Kier alpha value is -2.44. The number of hydrogen-bond donors (Lipinski definition) is 2. The van der Waals surface area contributed by atoms with E-state index in [0.717, 1.165) is 5.56 Å². The van der Waals surface area contributed by atoms with Crippen LogP contribution < -0.4 is 16.2 Å². The van der Waals surface area contributed by atoms with Gasteiger partial charge in [-0.15, -0.1) is 0 Å². The van der Waals surface area contributed by atoms with Crippen LogP contribution in [0, 0.1) is 0 Å². The zero-order valence-electron chi connectivity index (χ0n) is 12.7. The third kappa shape index (κ3) is 3.85. The Bertz CT molecular complexity index is 721. The summed E-state index contributed by atoms with van der Waals surface area (Å²) in [5.41, 5.74) is 1.09. The molecule has 23 heavy (non-hydrogen) atoms. The molecule has 2 N–H and O–H groups in total. The van der Waals surface area contributed by atoms with Crippen LogP contribution in [0.25, 0.3) is 0 Å². The highest BCUT2D eigenvalue weighted by Crippen LogP contribution is 2.05. The third-order valence-corrected chi connectivity index (χ3v) is 3.71. The van der Waals surface area contributed by atoms with Crippen LogP contribution in [-0.2, 0) is 16.1 Å². The maximum absolute atomic E-state index is 12.5. The van der Waals surface area contributed by atoms with Crippen molar-refractivity contribution in [2.45, 2.75) is 12.6 Å². The van der Waals surface area contributed by atoms with E-state index in [9.17, 15) is 9.59 Å². The van der Waals surface area contributed by atoms with Crippen LogP contribution >= 0.6 is 0 Å². The van der Waals surface area contributed by atoms with Gasteiger partial charge in [-0.25, -0.2) is 0 Å². The largest absolute Gasteiger partial charge is 0.378 e. The number of amides is 1. The highest BCUT2D eigenvalue weighted by Gasteiger charge is 2.22. The Kier molecular flexibility index (Phi) is 4.85. The van der Waals surface area contributed by atoms with Crippen LogP contribution in [0.1, 0.15) is 5.56 Å². The molecule has 0 radical (unpaired) electrons. The monoisotopic (exact) mass is 313 g/mol. The highest BCUT2D eigenvalue weighted by molar-refractivity contribution is 5.94. The lowest BCUT2D eigenvalue weighted by Gasteiger charge is -2.22. The van der Waals surface area contributed by atoms with Gasteiger partial charge in [0.05, 0.1) is 19.8 Å². The first-order chi connectivity index (χ1) is 11.2. The Morgan fingerprint density at radius 3 is 2.83 bits per heavy atom. The number of morpholine rings is 1. The van der Waals surface area contributed by atoms with E-state index in [1.165, 1.54) is 0 Å². The summed E-state index contributed by atoms with van der Waals surface area (Å²) in [5, 5.41) is 5.76. The number of hydrogen-bond acceptors (Lipinski definition) is 4. The van der Waals surface area contributed by atoms with E-state index in [1.807, 2.05) is 30.3 Å². The smallest absolute Gasteiger partial charge is 0.274 e. The number of carbonyl (C=O) groups is 1. The number of anilines is 1. The summed E-state index contributed by atoms with van der Waals surface area (Å²) >= 11 is 0. The molecular weight excluding hydrogens is 294 g/mol. The zero-order chi connectivity index (χ0) is 16.1. The molecule has 120 valence electrons. The molecule has 0 spiro atoms. The lowest BCUT2D eigenvalue weighted by Crippen LogP contribution is -2.49. The lowest BCUT2D eigenvalue weighted by molar-refractivity contribution is -0.120. The van der Waals surface area contributed by atoms with Gasteiger partial charge in [-0.3, -0.25) is 9.59 Å². The second-order valence-electron chi connectivity index (χ2n) is 5.41. The van der Waals surface area contributed by atoms with Crippen molar-refractivity contribution in [1.29, 1.82) is 0 Å². The number of pyridine rings is 1. The van der Waals surface area contributed by atoms with E-state index in [1.54, 1.807) is 22.9 Å². The molecule has 2 heterocycles. The predicted octanol–water partition coefficient (Wildman–Crippen LogP) is 0.823. The fraction of sp³-hybridized carbons (Fsp3) is 0.294. The second-order valence-corrected chi connectivity index (χ2v) is 5.41. The van der Waals surface area contributed by atoms with Crippen molar-refractivity contribution in [2.24, 2.45) is 0 Å². The van der Waals surface area contributed by atoms with Crippen LogP contribution in [-0.4, -0.2) is 36.3 Å². The number of aromatic nitrogens is 1. The molecule has 1 fully saturated rings. The molecule has 6 heteroatoms. The zero-order valence-corrected chi connectivity index (χ0v) is 12.7. The molecule has 0 bridgehead atoms. The second kappa shape index (κ2) is 7.21. The molecule has 1 unspecified atom stereocenters. The van der Waals surface area contributed by atoms with Gasteiger partial charge in [-0.05, 0) is 17.7 Å². The van der Waals surface area contributed by atoms with Crippen molar-refractivity contribution in [3.63, 3.8) is 0 Å². The molecule has 0 saturated carbocycles. The topological polar surface area (TPSA) is 72.4 Å². The van der Waals surface area contributed by atoms with Gasteiger partial charge >= 0.3 is 0 Å². The Balaban J connectivity index is 1.74. The summed E-state index contributed by atoms with van der Waals surface area (Å²) in [6, 6.07) is 12.7. The third-order valence-electron chi connectivity index (χ3n) is 3.71. The molecule has 1 saturated heterocycles. The minimum atomic E-state index is -0.425. The molecule has 0 aliphatic carbocycles. The number of benzene rings is 1. The number of rotatable bonds is 4. The average molecular weight is 313 g/mol. The van der Waals surface area contributed by atoms with E-state index in [-0.39, 0.29) is 17.2 Å². The minimum Gasteiger partial charge on any atom is -0.378 e. The van der Waals surface area contributed by atoms with E-state index in [0.29, 0.717) is 26.3 Å². The summed E-state index contributed by atoms with van der Waals surface area (Å²) in [4.78, 5) is 24.7. The van der Waals surface area contributed by atoms with Gasteiger partial charge in [0.2, 0.25) is 5.91 Å². The minimum absolute atomic E-state index is 0.221. The maximum Gasteiger partial charge on any atom is 0.274 e. The molecule has 1 amide bonds. The fourth-order valence-electron chi connectivity index (χ4n) is 2.49. The molecular formula is C17H19N3O3. The fourth-order valence-corrected chi connectivity index (χ4v) is 2.49. The van der Waals surface area contributed by atoms with Crippen molar-refractivity contribution in [3.05, 3.63) is 64.6 Å². The average Bonchev–Trinajstić information content (AvgIpc) is 2.60. The highest BCUT2D eigenvalue weighted by atomic mass is 16.5. The van der Waals surface area contributed by atoms with Gasteiger partial charge in [0.1, 0.15) is 11.7 Å². The summed E-state index contributed by atoms with van der Waals surface area (Å²) in [6.07, 6.45) is 1.72.